The predicted octanol–water partition coefficient (Wildman–Crippen LogP) is 1.40. The molecule has 0 saturated heterocycles. The van der Waals surface area contributed by atoms with E-state index < -0.39 is 0 Å². The van der Waals surface area contributed by atoms with Crippen molar-refractivity contribution in [2.24, 2.45) is 0 Å². The van der Waals surface area contributed by atoms with Gasteiger partial charge >= 0.3 is 0 Å². The Hall–Kier alpha value is 0.610. The molecular weight excluding hydrogens is 247 g/mol. The standard InChI is InChI=1S/C6H13IO3/c1-3-9-5-10-4-6(7)8-2/h6H,3-5H2,1-2H3. The molecule has 0 amide bonds. The van der Waals surface area contributed by atoms with E-state index in [-0.39, 0.29) is 4.11 Å². The largest absolute Gasteiger partial charge is 0.369 e. The van der Waals surface area contributed by atoms with Crippen LogP contribution in [0.5, 0.6) is 0 Å². The van der Waals surface area contributed by atoms with Crippen molar-refractivity contribution < 1.29 is 14.2 Å². The summed E-state index contributed by atoms with van der Waals surface area (Å²) in [6.07, 6.45) is 0. The topological polar surface area (TPSA) is 27.7 Å². The van der Waals surface area contributed by atoms with Gasteiger partial charge in [-0.15, -0.1) is 0 Å². The van der Waals surface area contributed by atoms with Crippen LogP contribution < -0.4 is 0 Å². The Balaban J connectivity index is 2.89. The van der Waals surface area contributed by atoms with Crippen LogP contribution in [0, 0.1) is 0 Å². The number of halogens is 1. The molecule has 0 rings (SSSR count). The lowest BCUT2D eigenvalue weighted by Gasteiger charge is -2.07. The van der Waals surface area contributed by atoms with Gasteiger partial charge in [-0.2, -0.15) is 0 Å². The second-order valence-electron chi connectivity index (χ2n) is 1.63. The molecule has 62 valence electrons. The zero-order chi connectivity index (χ0) is 7.82. The van der Waals surface area contributed by atoms with Crippen LogP contribution in [0.25, 0.3) is 0 Å². The Labute approximate surface area is 75.2 Å². The quantitative estimate of drug-likeness (QED) is 0.313. The van der Waals surface area contributed by atoms with Crippen LogP contribution >= 0.6 is 22.6 Å². The molecule has 0 fully saturated rings. The summed E-state index contributed by atoms with van der Waals surface area (Å²) in [6, 6.07) is 0. The van der Waals surface area contributed by atoms with Gasteiger partial charge in [0.1, 0.15) is 10.9 Å². The Morgan fingerprint density at radius 3 is 2.60 bits per heavy atom. The highest BCUT2D eigenvalue weighted by Crippen LogP contribution is 2.00. The lowest BCUT2D eigenvalue weighted by Crippen LogP contribution is -2.12. The SMILES string of the molecule is CCOCOCC(I)OC. The second-order valence-corrected chi connectivity index (χ2v) is 3.02. The predicted molar refractivity (Wildman–Crippen MR) is 47.3 cm³/mol. The van der Waals surface area contributed by atoms with E-state index in [9.17, 15) is 0 Å². The molecule has 10 heavy (non-hydrogen) atoms. The van der Waals surface area contributed by atoms with Gasteiger partial charge in [0.2, 0.25) is 0 Å². The van der Waals surface area contributed by atoms with Crippen molar-refractivity contribution in [3.8, 4) is 0 Å². The third-order valence-corrected chi connectivity index (χ3v) is 1.74. The summed E-state index contributed by atoms with van der Waals surface area (Å²) >= 11 is 2.15. The molecule has 0 saturated carbocycles. The van der Waals surface area contributed by atoms with Crippen LogP contribution in [0.3, 0.4) is 0 Å². The zero-order valence-electron chi connectivity index (χ0n) is 6.30. The summed E-state index contributed by atoms with van der Waals surface area (Å²) in [5.41, 5.74) is 0. The number of alkyl halides is 1. The van der Waals surface area contributed by atoms with Crippen molar-refractivity contribution in [1.29, 1.82) is 0 Å². The highest BCUT2D eigenvalue weighted by molar-refractivity contribution is 14.1. The number of hydrogen-bond acceptors (Lipinski definition) is 3. The summed E-state index contributed by atoms with van der Waals surface area (Å²) in [6.45, 7) is 3.57. The minimum atomic E-state index is 0.123. The molecule has 0 aromatic rings. The minimum absolute atomic E-state index is 0.123. The third kappa shape index (κ3) is 6.73. The van der Waals surface area contributed by atoms with E-state index in [1.54, 1.807) is 7.11 Å². The Bertz CT molecular complexity index is 70.0. The van der Waals surface area contributed by atoms with Crippen LogP contribution in [-0.2, 0) is 14.2 Å². The van der Waals surface area contributed by atoms with Crippen LogP contribution in [0.15, 0.2) is 0 Å². The molecule has 0 spiro atoms. The molecule has 0 aliphatic heterocycles. The molecule has 0 aromatic heterocycles. The Morgan fingerprint density at radius 2 is 2.10 bits per heavy atom. The van der Waals surface area contributed by atoms with Crippen LogP contribution in [0.1, 0.15) is 6.92 Å². The molecule has 0 heterocycles. The van der Waals surface area contributed by atoms with Gasteiger partial charge < -0.3 is 14.2 Å². The molecule has 1 unspecified atom stereocenters. The number of methoxy groups -OCH3 is 1. The van der Waals surface area contributed by atoms with Crippen molar-refractivity contribution in [1.82, 2.24) is 0 Å². The number of hydrogen-bond donors (Lipinski definition) is 0. The van der Waals surface area contributed by atoms with E-state index in [1.807, 2.05) is 6.92 Å². The minimum Gasteiger partial charge on any atom is -0.369 e. The lowest BCUT2D eigenvalue weighted by atomic mass is 10.8. The average molecular weight is 260 g/mol. The van der Waals surface area contributed by atoms with Gasteiger partial charge in [-0.05, 0) is 29.5 Å². The first-order valence-electron chi connectivity index (χ1n) is 3.13. The lowest BCUT2D eigenvalue weighted by molar-refractivity contribution is -0.0647. The molecule has 4 heteroatoms. The van der Waals surface area contributed by atoms with E-state index >= 15 is 0 Å². The summed E-state index contributed by atoms with van der Waals surface area (Å²) in [5.74, 6) is 0. The van der Waals surface area contributed by atoms with E-state index in [4.69, 9.17) is 14.2 Å². The molecule has 0 aliphatic carbocycles. The van der Waals surface area contributed by atoms with Gasteiger partial charge in [0.15, 0.2) is 0 Å². The number of rotatable bonds is 6. The maximum Gasteiger partial charge on any atom is 0.146 e. The summed E-state index contributed by atoms with van der Waals surface area (Å²) in [7, 11) is 1.65. The zero-order valence-corrected chi connectivity index (χ0v) is 8.46. The van der Waals surface area contributed by atoms with Crippen LogP contribution in [0.2, 0.25) is 0 Å². The molecule has 1 atom stereocenters. The molecular formula is C6H13IO3. The normalized spacial score (nSPS) is 13.5. The van der Waals surface area contributed by atoms with Gasteiger partial charge in [-0.1, -0.05) is 0 Å². The maximum atomic E-state index is 5.07. The molecule has 0 radical (unpaired) electrons. The highest BCUT2D eigenvalue weighted by Gasteiger charge is 1.98. The van der Waals surface area contributed by atoms with Gasteiger partial charge in [-0.3, -0.25) is 0 Å². The fourth-order valence-corrected chi connectivity index (χ4v) is 0.605. The maximum absolute atomic E-state index is 5.07. The van der Waals surface area contributed by atoms with Crippen LogP contribution in [-0.4, -0.2) is 31.2 Å². The summed E-state index contributed by atoms with van der Waals surface area (Å²) in [4.78, 5) is 0. The average Bonchev–Trinajstić information content (AvgIpc) is 1.98. The first-order chi connectivity index (χ1) is 4.81. The smallest absolute Gasteiger partial charge is 0.146 e. The van der Waals surface area contributed by atoms with Crippen LogP contribution in [0.4, 0.5) is 0 Å². The van der Waals surface area contributed by atoms with Crippen molar-refractivity contribution in [2.75, 3.05) is 27.1 Å². The van der Waals surface area contributed by atoms with Crippen molar-refractivity contribution in [3.05, 3.63) is 0 Å². The summed E-state index contributed by atoms with van der Waals surface area (Å²) in [5, 5.41) is 0. The number of ether oxygens (including phenoxy) is 3. The molecule has 0 bridgehead atoms. The van der Waals surface area contributed by atoms with E-state index in [0.717, 1.165) is 0 Å². The first-order valence-corrected chi connectivity index (χ1v) is 4.38. The second kappa shape index (κ2) is 7.71. The Kier molecular flexibility index (Phi) is 8.18. The van der Waals surface area contributed by atoms with Gasteiger partial charge in [0.25, 0.3) is 0 Å². The first kappa shape index (κ1) is 10.6. The van der Waals surface area contributed by atoms with Crippen molar-refractivity contribution in [2.45, 2.75) is 11.0 Å². The molecule has 0 aliphatic rings. The fourth-order valence-electron chi connectivity index (χ4n) is 0.351. The molecule has 3 nitrogen and oxygen atoms in total. The van der Waals surface area contributed by atoms with Gasteiger partial charge in [-0.25, -0.2) is 0 Å². The van der Waals surface area contributed by atoms with Gasteiger partial charge in [0, 0.05) is 13.7 Å². The van der Waals surface area contributed by atoms with E-state index in [0.29, 0.717) is 20.0 Å². The third-order valence-electron chi connectivity index (χ3n) is 0.875. The van der Waals surface area contributed by atoms with Crippen molar-refractivity contribution >= 4 is 22.6 Å². The highest BCUT2D eigenvalue weighted by atomic mass is 127. The van der Waals surface area contributed by atoms with E-state index in [2.05, 4.69) is 22.6 Å². The summed E-state index contributed by atoms with van der Waals surface area (Å²) < 4.78 is 15.1. The van der Waals surface area contributed by atoms with Gasteiger partial charge in [0.05, 0.1) is 6.61 Å². The monoisotopic (exact) mass is 260 g/mol. The van der Waals surface area contributed by atoms with Crippen molar-refractivity contribution in [3.63, 3.8) is 0 Å². The molecule has 0 aromatic carbocycles. The molecule has 0 N–H and O–H groups in total. The fraction of sp³-hybridized carbons (Fsp3) is 1.00. The van der Waals surface area contributed by atoms with E-state index in [1.165, 1.54) is 0 Å². The Morgan fingerprint density at radius 1 is 1.40 bits per heavy atom.